The maximum atomic E-state index is 12.6. The Bertz CT molecular complexity index is 554. The Kier molecular flexibility index (Phi) is 4.63. The van der Waals surface area contributed by atoms with Crippen molar-refractivity contribution in [2.75, 3.05) is 7.11 Å². The lowest BCUT2D eigenvalue weighted by molar-refractivity contribution is -0.141. The minimum atomic E-state index is -0.277. The van der Waals surface area contributed by atoms with E-state index in [4.69, 9.17) is 5.73 Å². The molecule has 0 bridgehead atoms. The van der Waals surface area contributed by atoms with Crippen LogP contribution in [0.1, 0.15) is 41.3 Å². The zero-order valence-corrected chi connectivity index (χ0v) is 12.8. The lowest BCUT2D eigenvalue weighted by Crippen LogP contribution is -2.46. The molecule has 1 aromatic rings. The summed E-state index contributed by atoms with van der Waals surface area (Å²) in [4.78, 5) is 25.7. The molecule has 1 aliphatic rings. The molecule has 5 nitrogen and oxygen atoms in total. The summed E-state index contributed by atoms with van der Waals surface area (Å²) in [5.74, 6) is -0.276. The molecule has 1 aromatic carbocycles. The number of methoxy groups -OCH3 is 1. The van der Waals surface area contributed by atoms with Crippen molar-refractivity contribution >= 4 is 11.9 Å². The maximum absolute atomic E-state index is 12.6. The molecule has 0 saturated heterocycles. The summed E-state index contributed by atoms with van der Waals surface area (Å²) in [5.41, 5.74) is 8.95. The number of esters is 1. The second kappa shape index (κ2) is 6.26. The van der Waals surface area contributed by atoms with Gasteiger partial charge in [0.1, 0.15) is 0 Å². The number of nitrogens with zero attached hydrogens (tertiary/aromatic N) is 1. The highest BCUT2D eigenvalue weighted by Crippen LogP contribution is 2.29. The Morgan fingerprint density at radius 2 is 2.19 bits per heavy atom. The highest BCUT2D eigenvalue weighted by molar-refractivity contribution is 5.99. The van der Waals surface area contributed by atoms with Gasteiger partial charge in [-0.05, 0) is 37.5 Å². The van der Waals surface area contributed by atoms with Gasteiger partial charge < -0.3 is 15.4 Å². The molecule has 0 radical (unpaired) electrons. The van der Waals surface area contributed by atoms with Crippen LogP contribution in [0.4, 0.5) is 0 Å². The third-order valence-corrected chi connectivity index (χ3v) is 4.11. The molecule has 1 heterocycles. The van der Waals surface area contributed by atoms with E-state index in [9.17, 15) is 9.59 Å². The minimum absolute atomic E-state index is 0.000802. The van der Waals surface area contributed by atoms with E-state index in [2.05, 4.69) is 4.74 Å². The number of ether oxygens (including phenoxy) is 1. The SMILES string of the molecule is COC(=O)CCC(C(C)N)N1Cc2c(C)cccc2C1=O. The van der Waals surface area contributed by atoms with Gasteiger partial charge in [0.05, 0.1) is 7.11 Å². The van der Waals surface area contributed by atoms with Crippen LogP contribution in [0.2, 0.25) is 0 Å². The number of aryl methyl sites for hydroxylation is 1. The van der Waals surface area contributed by atoms with Crippen LogP contribution in [0.5, 0.6) is 0 Å². The topological polar surface area (TPSA) is 72.6 Å². The smallest absolute Gasteiger partial charge is 0.305 e. The quantitative estimate of drug-likeness (QED) is 0.836. The fourth-order valence-electron chi connectivity index (χ4n) is 2.85. The average Bonchev–Trinajstić information content (AvgIpc) is 2.78. The highest BCUT2D eigenvalue weighted by atomic mass is 16.5. The first-order chi connectivity index (χ1) is 9.95. The van der Waals surface area contributed by atoms with E-state index < -0.39 is 0 Å². The van der Waals surface area contributed by atoms with Crippen LogP contribution in [-0.2, 0) is 16.1 Å². The molecule has 114 valence electrons. The number of benzene rings is 1. The molecule has 1 aliphatic heterocycles. The Balaban J connectivity index is 2.18. The van der Waals surface area contributed by atoms with Crippen molar-refractivity contribution in [1.29, 1.82) is 0 Å². The van der Waals surface area contributed by atoms with Crippen molar-refractivity contribution in [2.45, 2.75) is 45.3 Å². The molecule has 0 spiro atoms. The highest BCUT2D eigenvalue weighted by Gasteiger charge is 2.35. The van der Waals surface area contributed by atoms with Crippen molar-refractivity contribution in [3.05, 3.63) is 34.9 Å². The molecule has 21 heavy (non-hydrogen) atoms. The lowest BCUT2D eigenvalue weighted by atomic mass is 10.0. The fourth-order valence-corrected chi connectivity index (χ4v) is 2.85. The number of hydrogen-bond donors (Lipinski definition) is 1. The van der Waals surface area contributed by atoms with Crippen LogP contribution < -0.4 is 5.73 Å². The molecule has 0 saturated carbocycles. The summed E-state index contributed by atoms with van der Waals surface area (Å²) in [6.07, 6.45) is 0.783. The number of rotatable bonds is 5. The van der Waals surface area contributed by atoms with Crippen molar-refractivity contribution in [3.8, 4) is 0 Å². The number of hydrogen-bond acceptors (Lipinski definition) is 4. The molecule has 0 aromatic heterocycles. The predicted molar refractivity (Wildman–Crippen MR) is 79.7 cm³/mol. The summed E-state index contributed by atoms with van der Waals surface area (Å²) in [6, 6.07) is 5.38. The maximum Gasteiger partial charge on any atom is 0.305 e. The van der Waals surface area contributed by atoms with Gasteiger partial charge in [-0.3, -0.25) is 9.59 Å². The van der Waals surface area contributed by atoms with Crippen molar-refractivity contribution in [3.63, 3.8) is 0 Å². The Morgan fingerprint density at radius 1 is 1.48 bits per heavy atom. The van der Waals surface area contributed by atoms with Crippen LogP contribution in [0.15, 0.2) is 18.2 Å². The Morgan fingerprint density at radius 3 is 2.76 bits per heavy atom. The summed E-state index contributed by atoms with van der Waals surface area (Å²) >= 11 is 0. The van der Waals surface area contributed by atoms with Gasteiger partial charge in [-0.2, -0.15) is 0 Å². The monoisotopic (exact) mass is 290 g/mol. The molecule has 1 amide bonds. The van der Waals surface area contributed by atoms with Crippen LogP contribution in [-0.4, -0.2) is 36.0 Å². The molecule has 2 rings (SSSR count). The lowest BCUT2D eigenvalue weighted by Gasteiger charge is -2.30. The van der Waals surface area contributed by atoms with E-state index in [1.807, 2.05) is 32.0 Å². The van der Waals surface area contributed by atoms with Crippen LogP contribution in [0, 0.1) is 6.92 Å². The van der Waals surface area contributed by atoms with Gasteiger partial charge in [-0.1, -0.05) is 12.1 Å². The average molecular weight is 290 g/mol. The van der Waals surface area contributed by atoms with Crippen LogP contribution in [0.3, 0.4) is 0 Å². The summed E-state index contributed by atoms with van der Waals surface area (Å²) in [5, 5.41) is 0. The number of carbonyl (C=O) groups is 2. The summed E-state index contributed by atoms with van der Waals surface area (Å²) in [6.45, 7) is 4.43. The number of amides is 1. The summed E-state index contributed by atoms with van der Waals surface area (Å²) < 4.78 is 4.67. The second-order valence-corrected chi connectivity index (χ2v) is 5.58. The zero-order chi connectivity index (χ0) is 15.6. The van der Waals surface area contributed by atoms with E-state index in [-0.39, 0.29) is 30.4 Å². The molecule has 2 unspecified atom stereocenters. The summed E-state index contributed by atoms with van der Waals surface area (Å²) in [7, 11) is 1.36. The van der Waals surface area contributed by atoms with Gasteiger partial charge in [0.2, 0.25) is 0 Å². The van der Waals surface area contributed by atoms with Crippen LogP contribution >= 0.6 is 0 Å². The Hall–Kier alpha value is -1.88. The molecular formula is C16H22N2O3. The normalized spacial score (nSPS) is 16.6. The fraction of sp³-hybridized carbons (Fsp3) is 0.500. The number of carbonyl (C=O) groups excluding carboxylic acids is 2. The molecular weight excluding hydrogens is 268 g/mol. The Labute approximate surface area is 125 Å². The van der Waals surface area contributed by atoms with Gasteiger partial charge in [0.15, 0.2) is 0 Å². The van der Waals surface area contributed by atoms with Gasteiger partial charge in [0, 0.05) is 30.6 Å². The number of nitrogens with two attached hydrogens (primary N) is 1. The predicted octanol–water partition coefficient (Wildman–Crippen LogP) is 1.62. The molecule has 5 heteroatoms. The molecule has 2 atom stereocenters. The third-order valence-electron chi connectivity index (χ3n) is 4.11. The zero-order valence-electron chi connectivity index (χ0n) is 12.8. The number of fused-ring (bicyclic) bond motifs is 1. The van der Waals surface area contributed by atoms with E-state index in [1.54, 1.807) is 4.90 Å². The van der Waals surface area contributed by atoms with E-state index in [0.29, 0.717) is 13.0 Å². The van der Waals surface area contributed by atoms with Gasteiger partial charge in [0.25, 0.3) is 5.91 Å². The van der Waals surface area contributed by atoms with Gasteiger partial charge >= 0.3 is 5.97 Å². The van der Waals surface area contributed by atoms with Crippen molar-refractivity contribution < 1.29 is 14.3 Å². The van der Waals surface area contributed by atoms with Crippen molar-refractivity contribution in [2.24, 2.45) is 5.73 Å². The third kappa shape index (κ3) is 3.08. The van der Waals surface area contributed by atoms with E-state index >= 15 is 0 Å². The van der Waals surface area contributed by atoms with E-state index in [1.165, 1.54) is 7.11 Å². The molecule has 2 N–H and O–H groups in total. The standard InChI is InChI=1S/C16H22N2O3/c1-10-5-4-6-12-13(10)9-18(16(12)20)14(11(2)17)7-8-15(19)21-3/h4-6,11,14H,7-9,17H2,1-3H3. The van der Waals surface area contributed by atoms with Crippen molar-refractivity contribution in [1.82, 2.24) is 4.90 Å². The van der Waals surface area contributed by atoms with Crippen LogP contribution in [0.25, 0.3) is 0 Å². The molecule has 0 fully saturated rings. The van der Waals surface area contributed by atoms with E-state index in [0.717, 1.165) is 16.7 Å². The van der Waals surface area contributed by atoms with Gasteiger partial charge in [-0.25, -0.2) is 0 Å². The van der Waals surface area contributed by atoms with Gasteiger partial charge in [-0.15, -0.1) is 0 Å². The minimum Gasteiger partial charge on any atom is -0.469 e. The first-order valence-corrected chi connectivity index (χ1v) is 7.17. The first-order valence-electron chi connectivity index (χ1n) is 7.17. The first kappa shape index (κ1) is 15.5. The second-order valence-electron chi connectivity index (χ2n) is 5.58. The largest absolute Gasteiger partial charge is 0.469 e. The molecule has 0 aliphatic carbocycles.